The van der Waals surface area contributed by atoms with Crippen LogP contribution in [0.5, 0.6) is 0 Å². The molecule has 0 atom stereocenters. The first kappa shape index (κ1) is 35.8. The van der Waals surface area contributed by atoms with E-state index in [0.717, 1.165) is 61.3 Å². The van der Waals surface area contributed by atoms with Crippen molar-refractivity contribution < 1.29 is 0 Å². The standard InChI is InChI=1S/C53H44N4/c1-33-26-34(31-54)16-21-39(33)36-18-23-49(57-47-15-11-9-13-41(47)45-30-38(53(5,6)7)20-25-51(45)57)43(28-36)42-27-35(32-55)17-22-48(42)56-46-14-10-8-12-40(46)44-29-37(52(2,3)4)19-24-50(44)56/h8-30H,1-7H3. The van der Waals surface area contributed by atoms with E-state index in [1.807, 2.05) is 24.3 Å². The van der Waals surface area contributed by atoms with Crippen LogP contribution in [-0.4, -0.2) is 9.13 Å². The fraction of sp³-hybridized carbons (Fsp3) is 0.170. The first-order chi connectivity index (χ1) is 27.4. The Morgan fingerprint density at radius 3 is 1.39 bits per heavy atom. The van der Waals surface area contributed by atoms with Crippen LogP contribution in [-0.2, 0) is 10.8 Å². The van der Waals surface area contributed by atoms with Crippen molar-refractivity contribution in [3.05, 3.63) is 167 Å². The molecule has 0 aliphatic carbocycles. The zero-order chi connectivity index (χ0) is 39.8. The van der Waals surface area contributed by atoms with Crippen molar-refractivity contribution in [3.8, 4) is 45.8 Å². The SMILES string of the molecule is Cc1cc(C#N)ccc1-c1ccc(-n2c3ccccc3c3cc(C(C)(C)C)ccc32)c(-c2cc(C#N)ccc2-n2c3ccccc3c3cc(C(C)(C)C)ccc32)c1. The largest absolute Gasteiger partial charge is 0.309 e. The van der Waals surface area contributed by atoms with Gasteiger partial charge in [0.25, 0.3) is 0 Å². The van der Waals surface area contributed by atoms with E-state index in [0.29, 0.717) is 11.1 Å². The monoisotopic (exact) mass is 736 g/mol. The van der Waals surface area contributed by atoms with Gasteiger partial charge in [-0.3, -0.25) is 0 Å². The molecule has 2 aromatic heterocycles. The van der Waals surface area contributed by atoms with Gasteiger partial charge in [0.2, 0.25) is 0 Å². The predicted molar refractivity (Wildman–Crippen MR) is 238 cm³/mol. The van der Waals surface area contributed by atoms with Gasteiger partial charge in [-0.25, -0.2) is 0 Å². The Bertz CT molecular complexity index is 3180. The molecule has 0 aliphatic heterocycles. The second-order valence-corrected chi connectivity index (χ2v) is 17.4. The number of hydrogen-bond acceptors (Lipinski definition) is 2. The van der Waals surface area contributed by atoms with Gasteiger partial charge in [-0.1, -0.05) is 102 Å². The van der Waals surface area contributed by atoms with Crippen molar-refractivity contribution in [3.63, 3.8) is 0 Å². The molecule has 0 N–H and O–H groups in total. The van der Waals surface area contributed by atoms with Gasteiger partial charge in [0.05, 0.1) is 56.7 Å². The third kappa shape index (κ3) is 5.89. The smallest absolute Gasteiger partial charge is 0.0991 e. The van der Waals surface area contributed by atoms with Crippen LogP contribution in [0, 0.1) is 29.6 Å². The Hall–Kier alpha value is -6.88. The average molecular weight is 737 g/mol. The van der Waals surface area contributed by atoms with Crippen molar-refractivity contribution in [1.82, 2.24) is 9.13 Å². The van der Waals surface area contributed by atoms with Gasteiger partial charge in [0, 0.05) is 32.7 Å². The van der Waals surface area contributed by atoms with Gasteiger partial charge in [0.1, 0.15) is 0 Å². The molecule has 0 saturated carbocycles. The second kappa shape index (κ2) is 13.1. The van der Waals surface area contributed by atoms with E-state index in [1.54, 1.807) is 0 Å². The van der Waals surface area contributed by atoms with E-state index >= 15 is 0 Å². The minimum Gasteiger partial charge on any atom is -0.309 e. The maximum Gasteiger partial charge on any atom is 0.0991 e. The summed E-state index contributed by atoms with van der Waals surface area (Å²) in [5, 5.41) is 24.9. The summed E-state index contributed by atoms with van der Waals surface area (Å²) in [5.41, 5.74) is 15.3. The number of nitriles is 2. The van der Waals surface area contributed by atoms with Crippen molar-refractivity contribution in [2.24, 2.45) is 0 Å². The van der Waals surface area contributed by atoms with Gasteiger partial charge >= 0.3 is 0 Å². The second-order valence-electron chi connectivity index (χ2n) is 17.4. The van der Waals surface area contributed by atoms with Crippen molar-refractivity contribution in [2.45, 2.75) is 59.3 Å². The van der Waals surface area contributed by atoms with Gasteiger partial charge in [-0.2, -0.15) is 10.5 Å². The molecule has 276 valence electrons. The Kier molecular flexibility index (Phi) is 8.24. The predicted octanol–water partition coefficient (Wildman–Crippen LogP) is 13.9. The van der Waals surface area contributed by atoms with Crippen LogP contribution < -0.4 is 0 Å². The van der Waals surface area contributed by atoms with Crippen LogP contribution in [0.2, 0.25) is 0 Å². The quantitative estimate of drug-likeness (QED) is 0.181. The maximum atomic E-state index is 10.4. The van der Waals surface area contributed by atoms with E-state index < -0.39 is 0 Å². The molecular formula is C53H44N4. The van der Waals surface area contributed by atoms with Crippen LogP contribution in [0.25, 0.3) is 77.2 Å². The third-order valence-corrected chi connectivity index (χ3v) is 11.6. The first-order valence-electron chi connectivity index (χ1n) is 19.6. The highest BCUT2D eigenvalue weighted by Gasteiger charge is 2.24. The Labute approximate surface area is 334 Å². The van der Waals surface area contributed by atoms with Crippen LogP contribution in [0.4, 0.5) is 0 Å². The summed E-state index contributed by atoms with van der Waals surface area (Å²) < 4.78 is 4.77. The number of benzene rings is 7. The molecule has 2 heterocycles. The first-order valence-corrected chi connectivity index (χ1v) is 19.6. The zero-order valence-corrected chi connectivity index (χ0v) is 33.6. The normalized spacial score (nSPS) is 12.1. The van der Waals surface area contributed by atoms with E-state index in [9.17, 15) is 10.5 Å². The molecule has 9 rings (SSSR count). The third-order valence-electron chi connectivity index (χ3n) is 11.6. The molecule has 0 fully saturated rings. The fourth-order valence-corrected chi connectivity index (χ4v) is 8.59. The highest BCUT2D eigenvalue weighted by molar-refractivity contribution is 6.12. The molecule has 0 bridgehead atoms. The zero-order valence-electron chi connectivity index (χ0n) is 33.6. The van der Waals surface area contributed by atoms with Gasteiger partial charge in [-0.15, -0.1) is 0 Å². The summed E-state index contributed by atoms with van der Waals surface area (Å²) in [6, 6.07) is 54.5. The van der Waals surface area contributed by atoms with E-state index in [1.165, 1.54) is 32.7 Å². The lowest BCUT2D eigenvalue weighted by molar-refractivity contribution is 0.591. The van der Waals surface area contributed by atoms with Crippen LogP contribution in [0.15, 0.2) is 140 Å². The summed E-state index contributed by atoms with van der Waals surface area (Å²) >= 11 is 0. The lowest BCUT2D eigenvalue weighted by atomic mass is 9.86. The fourth-order valence-electron chi connectivity index (χ4n) is 8.59. The van der Waals surface area contributed by atoms with Crippen LogP contribution in [0.1, 0.15) is 69.4 Å². The molecule has 4 heteroatoms. The Balaban J connectivity index is 1.41. The molecule has 0 radical (unpaired) electrons. The number of para-hydroxylation sites is 2. The Morgan fingerprint density at radius 1 is 0.421 bits per heavy atom. The molecule has 0 amide bonds. The molecule has 0 unspecified atom stereocenters. The van der Waals surface area contributed by atoms with Gasteiger partial charge in [-0.05, 0) is 124 Å². The van der Waals surface area contributed by atoms with Gasteiger partial charge in [0.15, 0.2) is 0 Å². The van der Waals surface area contributed by atoms with Crippen molar-refractivity contribution in [1.29, 1.82) is 10.5 Å². The number of rotatable bonds is 4. The lowest BCUT2D eigenvalue weighted by Gasteiger charge is -2.21. The van der Waals surface area contributed by atoms with Gasteiger partial charge < -0.3 is 9.13 Å². The minimum absolute atomic E-state index is 0.00807. The molecular weight excluding hydrogens is 693 g/mol. The molecule has 7 aromatic carbocycles. The highest BCUT2D eigenvalue weighted by atomic mass is 15.0. The Morgan fingerprint density at radius 2 is 0.877 bits per heavy atom. The summed E-state index contributed by atoms with van der Waals surface area (Å²) in [6.45, 7) is 15.6. The molecule has 9 aromatic rings. The molecule has 0 spiro atoms. The molecule has 57 heavy (non-hydrogen) atoms. The number of fused-ring (bicyclic) bond motifs is 6. The van der Waals surface area contributed by atoms with Crippen LogP contribution in [0.3, 0.4) is 0 Å². The summed E-state index contributed by atoms with van der Waals surface area (Å²) in [5.74, 6) is 0. The van der Waals surface area contributed by atoms with E-state index in [2.05, 4.69) is 185 Å². The molecule has 0 saturated heterocycles. The summed E-state index contributed by atoms with van der Waals surface area (Å²) in [6.07, 6.45) is 0. The maximum absolute atomic E-state index is 10.4. The minimum atomic E-state index is -0.00818. The summed E-state index contributed by atoms with van der Waals surface area (Å²) in [7, 11) is 0. The van der Waals surface area contributed by atoms with Crippen LogP contribution >= 0.6 is 0 Å². The summed E-state index contributed by atoms with van der Waals surface area (Å²) in [4.78, 5) is 0. The number of nitrogens with zero attached hydrogens (tertiary/aromatic N) is 4. The molecule has 0 aliphatic rings. The molecule has 4 nitrogen and oxygen atoms in total. The van der Waals surface area contributed by atoms with Crippen molar-refractivity contribution >= 4 is 43.6 Å². The van der Waals surface area contributed by atoms with E-state index in [4.69, 9.17) is 0 Å². The van der Waals surface area contributed by atoms with E-state index in [-0.39, 0.29) is 10.8 Å². The number of aromatic nitrogens is 2. The highest BCUT2D eigenvalue weighted by Crippen LogP contribution is 2.44. The van der Waals surface area contributed by atoms with Crippen molar-refractivity contribution in [2.75, 3.05) is 0 Å². The topological polar surface area (TPSA) is 57.4 Å². The number of aryl methyl sites for hydroxylation is 1. The average Bonchev–Trinajstić information content (AvgIpc) is 3.72. The number of hydrogen-bond donors (Lipinski definition) is 0. The lowest BCUT2D eigenvalue weighted by Crippen LogP contribution is -2.10.